The molecule has 0 fully saturated rings. The maximum Gasteiger partial charge on any atom is 0.331 e. The summed E-state index contributed by atoms with van der Waals surface area (Å²) in [6.07, 6.45) is 1.57. The van der Waals surface area contributed by atoms with E-state index in [1.807, 2.05) is 6.07 Å². The normalized spacial score (nSPS) is 11.4. The molecule has 0 heterocycles. The van der Waals surface area contributed by atoms with E-state index in [4.69, 9.17) is 9.84 Å². The van der Waals surface area contributed by atoms with E-state index in [0.717, 1.165) is 8.95 Å². The van der Waals surface area contributed by atoms with Crippen LogP contribution in [0.2, 0.25) is 0 Å². The van der Waals surface area contributed by atoms with Gasteiger partial charge in [0.1, 0.15) is 5.75 Å². The van der Waals surface area contributed by atoms with Gasteiger partial charge in [0.25, 0.3) is 0 Å². The third-order valence-corrected chi connectivity index (χ3v) is 3.00. The first-order chi connectivity index (χ1) is 7.45. The Morgan fingerprint density at radius 3 is 2.56 bits per heavy atom. The number of carboxylic acids is 1. The van der Waals surface area contributed by atoms with Gasteiger partial charge in [-0.05, 0) is 41.1 Å². The number of benzene rings is 1. The molecule has 86 valence electrons. The Morgan fingerprint density at radius 2 is 2.06 bits per heavy atom. The van der Waals surface area contributed by atoms with Crippen LogP contribution in [0.15, 0.2) is 26.7 Å². The largest absolute Gasteiger partial charge is 0.495 e. The maximum atomic E-state index is 10.7. The molecule has 16 heavy (non-hydrogen) atoms. The zero-order valence-corrected chi connectivity index (χ0v) is 11.9. The lowest BCUT2D eigenvalue weighted by atomic mass is 10.1. The molecule has 0 spiro atoms. The lowest BCUT2D eigenvalue weighted by molar-refractivity contribution is -0.132. The van der Waals surface area contributed by atoms with Crippen molar-refractivity contribution in [3.8, 4) is 5.75 Å². The summed E-state index contributed by atoms with van der Waals surface area (Å²) in [7, 11) is 1.54. The van der Waals surface area contributed by atoms with E-state index in [-0.39, 0.29) is 5.57 Å². The minimum Gasteiger partial charge on any atom is -0.495 e. The minimum atomic E-state index is -0.946. The average Bonchev–Trinajstić information content (AvgIpc) is 2.16. The Kier molecular flexibility index (Phi) is 4.56. The summed E-state index contributed by atoms with van der Waals surface area (Å²) < 4.78 is 6.83. The molecule has 0 unspecified atom stereocenters. The molecule has 1 aromatic carbocycles. The first-order valence-electron chi connectivity index (χ1n) is 4.40. The Hall–Kier alpha value is -0.810. The van der Waals surface area contributed by atoms with Crippen molar-refractivity contribution in [3.05, 3.63) is 32.2 Å². The van der Waals surface area contributed by atoms with Crippen LogP contribution in [0, 0.1) is 0 Å². The van der Waals surface area contributed by atoms with E-state index >= 15 is 0 Å². The molecule has 5 heteroatoms. The molecule has 0 bridgehead atoms. The van der Waals surface area contributed by atoms with Crippen molar-refractivity contribution in [1.82, 2.24) is 0 Å². The Balaban J connectivity index is 3.32. The lowest BCUT2D eigenvalue weighted by Gasteiger charge is -2.08. The number of halogens is 2. The monoisotopic (exact) mass is 348 g/mol. The summed E-state index contributed by atoms with van der Waals surface area (Å²) in [4.78, 5) is 10.7. The zero-order valence-electron chi connectivity index (χ0n) is 8.75. The molecule has 0 atom stereocenters. The summed E-state index contributed by atoms with van der Waals surface area (Å²) in [6.45, 7) is 1.54. The Morgan fingerprint density at radius 1 is 1.44 bits per heavy atom. The third-order valence-electron chi connectivity index (χ3n) is 1.95. The van der Waals surface area contributed by atoms with E-state index in [0.29, 0.717) is 11.3 Å². The van der Waals surface area contributed by atoms with Gasteiger partial charge in [0, 0.05) is 15.6 Å². The van der Waals surface area contributed by atoms with Crippen molar-refractivity contribution >= 4 is 43.9 Å². The van der Waals surface area contributed by atoms with E-state index in [9.17, 15) is 4.79 Å². The Labute approximate surface area is 110 Å². The van der Waals surface area contributed by atoms with Gasteiger partial charge in [0.05, 0.1) is 11.6 Å². The molecule has 0 aliphatic heterocycles. The molecule has 3 nitrogen and oxygen atoms in total. The second-order valence-corrected chi connectivity index (χ2v) is 4.91. The van der Waals surface area contributed by atoms with Gasteiger partial charge in [-0.25, -0.2) is 4.79 Å². The molecular formula is C11H10Br2O3. The predicted octanol–water partition coefficient (Wildman–Crippen LogP) is 3.71. The third kappa shape index (κ3) is 3.09. The van der Waals surface area contributed by atoms with Crippen LogP contribution in [0.3, 0.4) is 0 Å². The second-order valence-electron chi connectivity index (χ2n) is 3.14. The van der Waals surface area contributed by atoms with Crippen molar-refractivity contribution in [2.45, 2.75) is 6.92 Å². The quantitative estimate of drug-likeness (QED) is 0.846. The van der Waals surface area contributed by atoms with Crippen LogP contribution >= 0.6 is 31.9 Å². The molecule has 1 N–H and O–H groups in total. The van der Waals surface area contributed by atoms with Crippen molar-refractivity contribution in [3.63, 3.8) is 0 Å². The molecule has 0 aliphatic rings. The van der Waals surface area contributed by atoms with Crippen LogP contribution in [-0.2, 0) is 4.79 Å². The SMILES string of the molecule is COc1c(Br)cc(Br)cc1/C=C(\C)C(=O)O. The zero-order chi connectivity index (χ0) is 12.3. The van der Waals surface area contributed by atoms with Gasteiger partial charge in [-0.2, -0.15) is 0 Å². The first kappa shape index (κ1) is 13.3. The van der Waals surface area contributed by atoms with Crippen molar-refractivity contribution in [2.75, 3.05) is 7.11 Å². The average molecular weight is 350 g/mol. The van der Waals surface area contributed by atoms with Crippen LogP contribution in [0.25, 0.3) is 6.08 Å². The van der Waals surface area contributed by atoms with Crippen molar-refractivity contribution in [1.29, 1.82) is 0 Å². The number of rotatable bonds is 3. The highest BCUT2D eigenvalue weighted by Crippen LogP contribution is 2.33. The van der Waals surface area contributed by atoms with Crippen LogP contribution in [-0.4, -0.2) is 18.2 Å². The fraction of sp³-hybridized carbons (Fsp3) is 0.182. The number of hydrogen-bond donors (Lipinski definition) is 1. The molecule has 0 radical (unpaired) electrons. The van der Waals surface area contributed by atoms with Gasteiger partial charge in [-0.15, -0.1) is 0 Å². The van der Waals surface area contributed by atoms with Crippen LogP contribution in [0.5, 0.6) is 5.75 Å². The van der Waals surface area contributed by atoms with Gasteiger partial charge in [-0.3, -0.25) is 0 Å². The van der Waals surface area contributed by atoms with Crippen molar-refractivity contribution < 1.29 is 14.6 Å². The fourth-order valence-corrected chi connectivity index (χ4v) is 2.62. The van der Waals surface area contributed by atoms with Gasteiger partial charge >= 0.3 is 5.97 Å². The number of carbonyl (C=O) groups is 1. The highest BCUT2D eigenvalue weighted by molar-refractivity contribution is 9.11. The van der Waals surface area contributed by atoms with Crippen molar-refractivity contribution in [2.24, 2.45) is 0 Å². The van der Waals surface area contributed by atoms with E-state index in [2.05, 4.69) is 31.9 Å². The van der Waals surface area contributed by atoms with Gasteiger partial charge in [0.2, 0.25) is 0 Å². The van der Waals surface area contributed by atoms with Gasteiger partial charge in [-0.1, -0.05) is 15.9 Å². The summed E-state index contributed by atoms with van der Waals surface area (Å²) in [5.41, 5.74) is 0.965. The maximum absolute atomic E-state index is 10.7. The Bertz CT molecular complexity index is 453. The predicted molar refractivity (Wildman–Crippen MR) is 69.7 cm³/mol. The molecular weight excluding hydrogens is 340 g/mol. The first-order valence-corrected chi connectivity index (χ1v) is 5.99. The second kappa shape index (κ2) is 5.50. The number of aliphatic carboxylic acids is 1. The lowest BCUT2D eigenvalue weighted by Crippen LogP contribution is -1.96. The van der Waals surface area contributed by atoms with E-state index in [1.165, 1.54) is 6.92 Å². The smallest absolute Gasteiger partial charge is 0.331 e. The molecule has 0 aliphatic carbocycles. The highest BCUT2D eigenvalue weighted by Gasteiger charge is 2.09. The molecule has 1 aromatic rings. The summed E-state index contributed by atoms with van der Waals surface area (Å²) >= 11 is 6.69. The summed E-state index contributed by atoms with van der Waals surface area (Å²) in [5.74, 6) is -0.332. The van der Waals surface area contributed by atoms with E-state index < -0.39 is 5.97 Å². The van der Waals surface area contributed by atoms with Crippen LogP contribution in [0.1, 0.15) is 12.5 Å². The number of ether oxygens (including phenoxy) is 1. The van der Waals surface area contributed by atoms with Crippen LogP contribution < -0.4 is 4.74 Å². The molecule has 0 saturated carbocycles. The van der Waals surface area contributed by atoms with Crippen LogP contribution in [0.4, 0.5) is 0 Å². The molecule has 1 rings (SSSR count). The minimum absolute atomic E-state index is 0.253. The topological polar surface area (TPSA) is 46.5 Å². The van der Waals surface area contributed by atoms with E-state index in [1.54, 1.807) is 19.3 Å². The number of carboxylic acid groups (broad SMARTS) is 1. The highest BCUT2D eigenvalue weighted by atomic mass is 79.9. The number of methoxy groups -OCH3 is 1. The molecule has 0 aromatic heterocycles. The summed E-state index contributed by atoms with van der Waals surface area (Å²) in [6, 6.07) is 3.64. The molecule has 0 amide bonds. The standard InChI is InChI=1S/C11H10Br2O3/c1-6(11(14)15)3-7-4-8(12)5-9(13)10(7)16-2/h3-5H,1-2H3,(H,14,15)/b6-3+. The fourth-order valence-electron chi connectivity index (χ4n) is 1.20. The molecule has 0 saturated heterocycles. The van der Waals surface area contributed by atoms with Gasteiger partial charge < -0.3 is 9.84 Å². The number of hydrogen-bond acceptors (Lipinski definition) is 2. The van der Waals surface area contributed by atoms with Gasteiger partial charge in [0.15, 0.2) is 0 Å². The summed E-state index contributed by atoms with van der Waals surface area (Å²) in [5, 5.41) is 8.81.